The molecule has 0 saturated carbocycles. The fourth-order valence-electron chi connectivity index (χ4n) is 3.26. The molecule has 1 fully saturated rings. The summed E-state index contributed by atoms with van der Waals surface area (Å²) in [5.41, 5.74) is 5.45. The lowest BCUT2D eigenvalue weighted by atomic mass is 10.00. The number of aromatic amines is 1. The maximum Gasteiger partial charge on any atom is 0.125 e. The first-order chi connectivity index (χ1) is 12.4. The van der Waals surface area contributed by atoms with Gasteiger partial charge in [-0.3, -0.25) is 10.1 Å². The van der Waals surface area contributed by atoms with E-state index in [9.17, 15) is 0 Å². The summed E-state index contributed by atoms with van der Waals surface area (Å²) in [4.78, 5) is 5.64. The molecule has 1 aromatic heterocycles. The van der Waals surface area contributed by atoms with E-state index in [1.165, 1.54) is 5.56 Å². The van der Waals surface area contributed by atoms with E-state index in [-0.39, 0.29) is 11.3 Å². The molecule has 1 aromatic carbocycles. The molecule has 6 heteroatoms. The highest BCUT2D eigenvalue weighted by atomic mass is 35.5. The van der Waals surface area contributed by atoms with Gasteiger partial charge in [-0.15, -0.1) is 11.8 Å². The van der Waals surface area contributed by atoms with Gasteiger partial charge in [0.25, 0.3) is 0 Å². The van der Waals surface area contributed by atoms with E-state index in [4.69, 9.17) is 11.6 Å². The second-order valence-corrected chi connectivity index (χ2v) is 8.13. The summed E-state index contributed by atoms with van der Waals surface area (Å²) in [6, 6.07) is 8.04. The largest absolute Gasteiger partial charge is 0.362 e. The van der Waals surface area contributed by atoms with E-state index in [0.29, 0.717) is 0 Å². The molecule has 1 aliphatic heterocycles. The molecule has 2 N–H and O–H groups in total. The molecule has 2 unspecified atom stereocenters. The van der Waals surface area contributed by atoms with Crippen LogP contribution in [0.3, 0.4) is 0 Å². The third-order valence-electron chi connectivity index (χ3n) is 4.37. The predicted octanol–water partition coefficient (Wildman–Crippen LogP) is 5.02. The number of hydrogen-bond donors (Lipinski definition) is 2. The molecule has 1 aliphatic rings. The lowest BCUT2D eigenvalue weighted by Gasteiger charge is -2.20. The van der Waals surface area contributed by atoms with Crippen LogP contribution in [0.4, 0.5) is 0 Å². The first-order valence-corrected chi connectivity index (χ1v) is 9.71. The molecule has 0 spiro atoms. The highest BCUT2D eigenvalue weighted by Crippen LogP contribution is 2.43. The highest BCUT2D eigenvalue weighted by molar-refractivity contribution is 8.00. The van der Waals surface area contributed by atoms with Crippen molar-refractivity contribution in [2.24, 2.45) is 4.99 Å². The Balaban J connectivity index is 2.07. The van der Waals surface area contributed by atoms with Crippen LogP contribution < -0.4 is 5.32 Å². The molecule has 2 aromatic rings. The van der Waals surface area contributed by atoms with Crippen molar-refractivity contribution in [1.29, 1.82) is 0 Å². The second kappa shape index (κ2) is 7.72. The molecule has 0 aliphatic carbocycles. The number of benzene rings is 1. The Kier molecular flexibility index (Phi) is 5.58. The Labute approximate surface area is 163 Å². The molecule has 4 nitrogen and oxygen atoms in total. The monoisotopic (exact) mass is 386 g/mol. The molecule has 0 bridgehead atoms. The van der Waals surface area contributed by atoms with Crippen molar-refractivity contribution in [2.75, 3.05) is 7.05 Å². The number of aromatic nitrogens is 2. The fraction of sp³-hybridized carbons (Fsp3) is 0.300. The SMILES string of the molecule is C=C(C)/C=C1\C(=NC)NC(c2c(C)n[nH]c2C)C1Sc1ccc(Cl)cc1. The Morgan fingerprint density at radius 3 is 2.54 bits per heavy atom. The third-order valence-corrected chi connectivity index (χ3v) is 5.95. The smallest absolute Gasteiger partial charge is 0.125 e. The van der Waals surface area contributed by atoms with Crippen LogP contribution in [0.25, 0.3) is 0 Å². The van der Waals surface area contributed by atoms with Gasteiger partial charge in [-0.2, -0.15) is 5.10 Å². The van der Waals surface area contributed by atoms with E-state index < -0.39 is 0 Å². The molecule has 0 radical (unpaired) electrons. The quantitative estimate of drug-likeness (QED) is 0.775. The average molecular weight is 387 g/mol. The maximum atomic E-state index is 6.05. The normalized spacial score (nSPS) is 22.8. The van der Waals surface area contributed by atoms with Crippen molar-refractivity contribution in [3.8, 4) is 0 Å². The number of nitrogens with zero attached hydrogens (tertiary/aromatic N) is 2. The standard InChI is InChI=1S/C20H23ClN4S/c1-11(2)10-16-19(26-15-8-6-14(21)7-9-15)18(23-20(16)22-5)17-12(3)24-25-13(17)4/h6-10,18-19H,1H2,2-5H3,(H,22,23)(H,24,25)/b16-10-. The van der Waals surface area contributed by atoms with Crippen molar-refractivity contribution < 1.29 is 0 Å². The summed E-state index contributed by atoms with van der Waals surface area (Å²) >= 11 is 7.85. The van der Waals surface area contributed by atoms with Crippen LogP contribution in [0, 0.1) is 13.8 Å². The van der Waals surface area contributed by atoms with E-state index in [1.807, 2.05) is 33.0 Å². The third kappa shape index (κ3) is 3.74. The summed E-state index contributed by atoms with van der Waals surface area (Å²) in [7, 11) is 1.82. The van der Waals surface area contributed by atoms with Gasteiger partial charge in [0, 0.05) is 33.8 Å². The zero-order valence-electron chi connectivity index (χ0n) is 15.4. The van der Waals surface area contributed by atoms with E-state index in [2.05, 4.69) is 52.2 Å². The van der Waals surface area contributed by atoms with Crippen LogP contribution in [0.1, 0.15) is 29.9 Å². The van der Waals surface area contributed by atoms with Gasteiger partial charge in [-0.05, 0) is 45.0 Å². The van der Waals surface area contributed by atoms with Gasteiger partial charge >= 0.3 is 0 Å². The number of nitrogens with one attached hydrogen (secondary N) is 2. The van der Waals surface area contributed by atoms with Gasteiger partial charge in [-0.25, -0.2) is 0 Å². The van der Waals surface area contributed by atoms with Gasteiger partial charge < -0.3 is 5.32 Å². The van der Waals surface area contributed by atoms with Crippen LogP contribution >= 0.6 is 23.4 Å². The van der Waals surface area contributed by atoms with Crippen LogP contribution in [-0.2, 0) is 0 Å². The van der Waals surface area contributed by atoms with E-state index in [1.54, 1.807) is 11.8 Å². The number of aryl methyl sites for hydroxylation is 2. The minimum atomic E-state index is 0.0822. The molecule has 3 rings (SSSR count). The zero-order chi connectivity index (χ0) is 18.8. The van der Waals surface area contributed by atoms with Crippen LogP contribution in [0.5, 0.6) is 0 Å². The Hall–Kier alpha value is -1.98. The molecular weight excluding hydrogens is 364 g/mol. The molecule has 2 heterocycles. The van der Waals surface area contributed by atoms with Crippen LogP contribution in [0.15, 0.2) is 58.0 Å². The zero-order valence-corrected chi connectivity index (χ0v) is 17.0. The number of amidine groups is 1. The van der Waals surface area contributed by atoms with E-state index in [0.717, 1.165) is 38.3 Å². The average Bonchev–Trinajstić information content (AvgIpc) is 3.09. The number of allylic oxidation sites excluding steroid dienone is 2. The number of thioether (sulfide) groups is 1. The summed E-state index contributed by atoms with van der Waals surface area (Å²) in [6.45, 7) is 10.2. The van der Waals surface area contributed by atoms with Crippen molar-refractivity contribution in [1.82, 2.24) is 15.5 Å². The summed E-state index contributed by atoms with van der Waals surface area (Å²) < 4.78 is 0. The molecule has 26 heavy (non-hydrogen) atoms. The number of halogens is 1. The van der Waals surface area contributed by atoms with Crippen LogP contribution in [-0.4, -0.2) is 28.3 Å². The van der Waals surface area contributed by atoms with Gasteiger partial charge in [-0.1, -0.05) is 29.8 Å². The maximum absolute atomic E-state index is 6.05. The molecule has 1 saturated heterocycles. The molecule has 136 valence electrons. The van der Waals surface area contributed by atoms with Crippen LogP contribution in [0.2, 0.25) is 5.02 Å². The van der Waals surface area contributed by atoms with Gasteiger partial charge in [0.2, 0.25) is 0 Å². The highest BCUT2D eigenvalue weighted by Gasteiger charge is 2.39. The van der Waals surface area contributed by atoms with E-state index >= 15 is 0 Å². The minimum Gasteiger partial charge on any atom is -0.362 e. The summed E-state index contributed by atoms with van der Waals surface area (Å²) in [5.74, 6) is 0.907. The van der Waals surface area contributed by atoms with Crippen molar-refractivity contribution in [2.45, 2.75) is 37.0 Å². The number of H-pyrrole nitrogens is 1. The number of hydrogen-bond acceptors (Lipinski definition) is 3. The molecule has 0 amide bonds. The Morgan fingerprint density at radius 2 is 2.00 bits per heavy atom. The predicted molar refractivity (Wildman–Crippen MR) is 111 cm³/mol. The number of aliphatic imine (C=N–C) groups is 1. The topological polar surface area (TPSA) is 53.1 Å². The second-order valence-electron chi connectivity index (χ2n) is 6.48. The lowest BCUT2D eigenvalue weighted by Crippen LogP contribution is -2.23. The van der Waals surface area contributed by atoms with Gasteiger partial charge in [0.15, 0.2) is 0 Å². The number of rotatable bonds is 4. The Bertz CT molecular complexity index is 860. The fourth-order valence-corrected chi connectivity index (χ4v) is 4.62. The van der Waals surface area contributed by atoms with Crippen molar-refractivity contribution in [3.63, 3.8) is 0 Å². The lowest BCUT2D eigenvalue weighted by molar-refractivity contribution is 0.699. The molecule has 2 atom stereocenters. The van der Waals surface area contributed by atoms with Gasteiger partial charge in [0.1, 0.15) is 5.84 Å². The van der Waals surface area contributed by atoms with Crippen molar-refractivity contribution >= 4 is 29.2 Å². The van der Waals surface area contributed by atoms with Gasteiger partial charge in [0.05, 0.1) is 17.0 Å². The first-order valence-electron chi connectivity index (χ1n) is 8.45. The van der Waals surface area contributed by atoms with Crippen molar-refractivity contribution in [3.05, 3.63) is 70.0 Å². The minimum absolute atomic E-state index is 0.0822. The first kappa shape index (κ1) is 18.8. The summed E-state index contributed by atoms with van der Waals surface area (Å²) in [6.07, 6.45) is 2.12. The summed E-state index contributed by atoms with van der Waals surface area (Å²) in [5, 5.41) is 12.0. The Morgan fingerprint density at radius 1 is 1.31 bits per heavy atom. The molecular formula is C20H23ClN4S.